The summed E-state index contributed by atoms with van der Waals surface area (Å²) in [5.74, 6) is 0.808. The molecule has 2 amide bonds. The van der Waals surface area contributed by atoms with E-state index in [2.05, 4.69) is 10.6 Å². The summed E-state index contributed by atoms with van der Waals surface area (Å²) >= 11 is 0. The Bertz CT molecular complexity index is 689. The fraction of sp³-hybridized carbons (Fsp3) is 0.350. The van der Waals surface area contributed by atoms with Crippen LogP contribution in [0, 0.1) is 12.8 Å². The Kier molecular flexibility index (Phi) is 6.83. The van der Waals surface area contributed by atoms with Crippen molar-refractivity contribution in [3.8, 4) is 5.75 Å². The summed E-state index contributed by atoms with van der Waals surface area (Å²) in [7, 11) is 0. The van der Waals surface area contributed by atoms with Crippen LogP contribution in [-0.4, -0.2) is 23.8 Å². The number of ether oxygens (including phenoxy) is 1. The lowest BCUT2D eigenvalue weighted by atomic mass is 10.1. The number of carbonyl (C=O) groups is 1. The van der Waals surface area contributed by atoms with Gasteiger partial charge >= 0.3 is 6.03 Å². The topological polar surface area (TPSA) is 70.6 Å². The van der Waals surface area contributed by atoms with Crippen molar-refractivity contribution in [3.05, 3.63) is 59.7 Å². The second kappa shape index (κ2) is 9.08. The van der Waals surface area contributed by atoms with Crippen molar-refractivity contribution in [3.63, 3.8) is 0 Å². The van der Waals surface area contributed by atoms with Crippen LogP contribution in [0.3, 0.4) is 0 Å². The zero-order valence-electron chi connectivity index (χ0n) is 15.0. The van der Waals surface area contributed by atoms with Gasteiger partial charge in [-0.1, -0.05) is 37.3 Å². The van der Waals surface area contributed by atoms with Gasteiger partial charge in [-0.05, 0) is 49.1 Å². The highest BCUT2D eigenvalue weighted by atomic mass is 16.5. The maximum atomic E-state index is 12.2. The lowest BCUT2D eigenvalue weighted by molar-refractivity contribution is 0.204. The first-order valence-electron chi connectivity index (χ1n) is 8.46. The van der Waals surface area contributed by atoms with Gasteiger partial charge in [0.15, 0.2) is 0 Å². The maximum Gasteiger partial charge on any atom is 0.319 e. The van der Waals surface area contributed by atoms with Crippen LogP contribution in [0.15, 0.2) is 48.5 Å². The Hall–Kier alpha value is -2.53. The summed E-state index contributed by atoms with van der Waals surface area (Å²) in [6.45, 7) is 6.19. The highest BCUT2D eigenvalue weighted by molar-refractivity contribution is 5.90. The Labute approximate surface area is 149 Å². The molecule has 2 atom stereocenters. The fourth-order valence-electron chi connectivity index (χ4n) is 2.32. The van der Waals surface area contributed by atoms with Gasteiger partial charge in [-0.3, -0.25) is 0 Å². The van der Waals surface area contributed by atoms with Crippen LogP contribution in [0.4, 0.5) is 10.5 Å². The summed E-state index contributed by atoms with van der Waals surface area (Å²) in [5, 5.41) is 14.9. The molecule has 2 aromatic carbocycles. The van der Waals surface area contributed by atoms with Crippen LogP contribution in [0.2, 0.25) is 0 Å². The number of hydrogen-bond donors (Lipinski definition) is 3. The fourth-order valence-corrected chi connectivity index (χ4v) is 2.32. The van der Waals surface area contributed by atoms with E-state index in [0.29, 0.717) is 6.61 Å². The molecule has 5 nitrogen and oxygen atoms in total. The summed E-state index contributed by atoms with van der Waals surface area (Å²) in [6.07, 6.45) is 0. The number of benzene rings is 2. The lowest BCUT2D eigenvalue weighted by Gasteiger charge is -2.20. The molecular formula is C20H26N2O3. The van der Waals surface area contributed by atoms with E-state index in [0.717, 1.165) is 22.6 Å². The number of urea groups is 1. The van der Waals surface area contributed by atoms with E-state index in [1.54, 1.807) is 0 Å². The first-order chi connectivity index (χ1) is 12.0. The quantitative estimate of drug-likeness (QED) is 0.718. The molecule has 2 aromatic rings. The zero-order chi connectivity index (χ0) is 18.2. The predicted molar refractivity (Wildman–Crippen MR) is 99.8 cm³/mol. The van der Waals surface area contributed by atoms with E-state index < -0.39 is 0 Å². The van der Waals surface area contributed by atoms with Crippen molar-refractivity contribution < 1.29 is 14.6 Å². The van der Waals surface area contributed by atoms with E-state index in [1.165, 1.54) is 0 Å². The summed E-state index contributed by atoms with van der Waals surface area (Å²) in [6, 6.07) is 15.0. The molecule has 5 heteroatoms. The second-order valence-corrected chi connectivity index (χ2v) is 6.24. The van der Waals surface area contributed by atoms with Crippen LogP contribution in [-0.2, 0) is 6.61 Å². The van der Waals surface area contributed by atoms with Crippen molar-refractivity contribution in [1.82, 2.24) is 5.32 Å². The summed E-state index contributed by atoms with van der Waals surface area (Å²) in [5.41, 5.74) is 2.73. The number of nitrogens with one attached hydrogen (secondary N) is 2. The molecule has 25 heavy (non-hydrogen) atoms. The highest BCUT2D eigenvalue weighted by Gasteiger charge is 2.15. The SMILES string of the molecule is Cc1c(COc2ccccc2)cccc1NC(=O)NC(C)C(C)CO. The third-order valence-electron chi connectivity index (χ3n) is 4.33. The molecule has 0 aliphatic heterocycles. The minimum absolute atomic E-state index is 0.00236. The second-order valence-electron chi connectivity index (χ2n) is 6.24. The van der Waals surface area contributed by atoms with Gasteiger partial charge in [0, 0.05) is 18.3 Å². The van der Waals surface area contributed by atoms with Crippen molar-refractivity contribution in [1.29, 1.82) is 0 Å². The molecule has 0 spiro atoms. The number of anilines is 1. The normalized spacial score (nSPS) is 13.0. The monoisotopic (exact) mass is 342 g/mol. The first-order valence-corrected chi connectivity index (χ1v) is 8.46. The van der Waals surface area contributed by atoms with Gasteiger partial charge in [0.2, 0.25) is 0 Å². The van der Waals surface area contributed by atoms with E-state index in [1.807, 2.05) is 69.3 Å². The molecule has 0 aliphatic rings. The number of carbonyl (C=O) groups excluding carboxylic acids is 1. The minimum atomic E-state index is -0.281. The van der Waals surface area contributed by atoms with Gasteiger partial charge in [0.25, 0.3) is 0 Å². The first kappa shape index (κ1) is 18.8. The average molecular weight is 342 g/mol. The number of aliphatic hydroxyl groups excluding tert-OH is 1. The van der Waals surface area contributed by atoms with Crippen molar-refractivity contribution in [2.45, 2.75) is 33.4 Å². The van der Waals surface area contributed by atoms with Crippen LogP contribution in [0.25, 0.3) is 0 Å². The van der Waals surface area contributed by atoms with Crippen molar-refractivity contribution in [2.24, 2.45) is 5.92 Å². The Morgan fingerprint density at radius 3 is 2.52 bits per heavy atom. The Balaban J connectivity index is 1.99. The molecule has 2 rings (SSSR count). The molecule has 0 aromatic heterocycles. The number of rotatable bonds is 7. The smallest absolute Gasteiger partial charge is 0.319 e. The van der Waals surface area contributed by atoms with Crippen LogP contribution in [0.5, 0.6) is 5.75 Å². The van der Waals surface area contributed by atoms with Gasteiger partial charge in [0.05, 0.1) is 0 Å². The molecule has 0 radical (unpaired) electrons. The molecule has 0 saturated heterocycles. The predicted octanol–water partition coefficient (Wildman–Crippen LogP) is 3.71. The van der Waals surface area contributed by atoms with Crippen LogP contribution in [0.1, 0.15) is 25.0 Å². The molecule has 134 valence electrons. The third-order valence-corrected chi connectivity index (χ3v) is 4.33. The van der Waals surface area contributed by atoms with Gasteiger partial charge in [0.1, 0.15) is 12.4 Å². The standard InChI is InChI=1S/C20H26N2O3/c1-14(12-23)16(3)21-20(24)22-19-11-7-8-17(15(19)2)13-25-18-9-5-4-6-10-18/h4-11,14,16,23H,12-13H2,1-3H3,(H2,21,22,24). The number of para-hydroxylation sites is 1. The van der Waals surface area contributed by atoms with Gasteiger partial charge < -0.3 is 20.5 Å². The largest absolute Gasteiger partial charge is 0.489 e. The minimum Gasteiger partial charge on any atom is -0.489 e. The maximum absolute atomic E-state index is 12.2. The number of aliphatic hydroxyl groups is 1. The average Bonchev–Trinajstić information content (AvgIpc) is 2.62. The van der Waals surface area contributed by atoms with Gasteiger partial charge in [-0.15, -0.1) is 0 Å². The van der Waals surface area contributed by atoms with Crippen molar-refractivity contribution >= 4 is 11.7 Å². The number of amides is 2. The third kappa shape index (κ3) is 5.50. The summed E-state index contributed by atoms with van der Waals surface area (Å²) in [4.78, 5) is 12.2. The molecule has 2 unspecified atom stereocenters. The molecule has 0 aliphatic carbocycles. The molecule has 0 saturated carbocycles. The molecular weight excluding hydrogens is 316 g/mol. The van der Waals surface area contributed by atoms with Crippen molar-refractivity contribution in [2.75, 3.05) is 11.9 Å². The number of hydrogen-bond acceptors (Lipinski definition) is 3. The summed E-state index contributed by atoms with van der Waals surface area (Å²) < 4.78 is 5.79. The molecule has 3 N–H and O–H groups in total. The molecule has 0 bridgehead atoms. The van der Waals surface area contributed by atoms with E-state index in [4.69, 9.17) is 9.84 Å². The Morgan fingerprint density at radius 2 is 1.84 bits per heavy atom. The molecule has 0 heterocycles. The Morgan fingerprint density at radius 1 is 1.12 bits per heavy atom. The van der Waals surface area contributed by atoms with E-state index in [9.17, 15) is 4.79 Å². The van der Waals surface area contributed by atoms with Gasteiger partial charge in [-0.2, -0.15) is 0 Å². The lowest BCUT2D eigenvalue weighted by Crippen LogP contribution is -2.40. The highest BCUT2D eigenvalue weighted by Crippen LogP contribution is 2.21. The van der Waals surface area contributed by atoms with E-state index >= 15 is 0 Å². The van der Waals surface area contributed by atoms with Gasteiger partial charge in [-0.25, -0.2) is 4.79 Å². The van der Waals surface area contributed by atoms with Crippen LogP contribution >= 0.6 is 0 Å². The van der Waals surface area contributed by atoms with Crippen LogP contribution < -0.4 is 15.4 Å². The van der Waals surface area contributed by atoms with E-state index in [-0.39, 0.29) is 24.6 Å². The zero-order valence-corrected chi connectivity index (χ0v) is 15.0. The molecule has 0 fully saturated rings.